The van der Waals surface area contributed by atoms with E-state index in [0.717, 1.165) is 0 Å². The Balaban J connectivity index is 0. The second-order valence-electron chi connectivity index (χ2n) is 1.25. The van der Waals surface area contributed by atoms with Gasteiger partial charge in [-0.3, -0.25) is 4.79 Å². The smallest absolute Gasteiger partial charge is 0.159 e. The SMILES string of the molecule is C=C(C#N)C=O.CNC. The van der Waals surface area contributed by atoms with Crippen molar-refractivity contribution in [2.24, 2.45) is 0 Å². The fraction of sp³-hybridized carbons (Fsp3) is 0.333. The summed E-state index contributed by atoms with van der Waals surface area (Å²) in [5.74, 6) is 0. The lowest BCUT2D eigenvalue weighted by Crippen LogP contribution is -1.89. The van der Waals surface area contributed by atoms with Gasteiger partial charge in [0.15, 0.2) is 6.29 Å². The lowest BCUT2D eigenvalue weighted by atomic mass is 10.4. The number of allylic oxidation sites excluding steroid dienone is 1. The summed E-state index contributed by atoms with van der Waals surface area (Å²) in [5, 5.41) is 10.5. The maximum absolute atomic E-state index is 9.41. The predicted octanol–water partition coefficient (Wildman–Crippen LogP) is 0.101. The summed E-state index contributed by atoms with van der Waals surface area (Å²) >= 11 is 0. The largest absolute Gasteiger partial charge is 0.323 e. The molecule has 0 saturated carbocycles. The van der Waals surface area contributed by atoms with Crippen molar-refractivity contribution in [3.05, 3.63) is 12.2 Å². The van der Waals surface area contributed by atoms with Crippen molar-refractivity contribution in [2.75, 3.05) is 14.1 Å². The molecule has 0 atom stereocenters. The molecule has 0 heterocycles. The Bertz CT molecular complexity index is 124. The molecule has 0 aliphatic carbocycles. The second-order valence-corrected chi connectivity index (χ2v) is 1.25. The Morgan fingerprint density at radius 3 is 2.11 bits per heavy atom. The summed E-state index contributed by atoms with van der Waals surface area (Å²) < 4.78 is 0. The van der Waals surface area contributed by atoms with Crippen LogP contribution in [0, 0.1) is 11.3 Å². The summed E-state index contributed by atoms with van der Waals surface area (Å²) in [6, 6.07) is 1.55. The van der Waals surface area contributed by atoms with Crippen molar-refractivity contribution in [1.29, 1.82) is 5.26 Å². The minimum absolute atomic E-state index is 0.0324. The Morgan fingerprint density at radius 1 is 1.78 bits per heavy atom. The topological polar surface area (TPSA) is 52.9 Å². The maximum Gasteiger partial charge on any atom is 0.159 e. The molecule has 1 N–H and O–H groups in total. The third-order valence-electron chi connectivity index (χ3n) is 0.286. The van der Waals surface area contributed by atoms with Crippen LogP contribution in [0.25, 0.3) is 0 Å². The molecule has 0 bridgehead atoms. The molecule has 0 fully saturated rings. The van der Waals surface area contributed by atoms with E-state index >= 15 is 0 Å². The van der Waals surface area contributed by atoms with E-state index in [9.17, 15) is 4.79 Å². The highest BCUT2D eigenvalue weighted by Gasteiger charge is 1.76. The molecular weight excluding hydrogens is 116 g/mol. The first-order valence-electron chi connectivity index (χ1n) is 2.35. The highest BCUT2D eigenvalue weighted by atomic mass is 16.1. The Hall–Kier alpha value is -1.14. The van der Waals surface area contributed by atoms with E-state index in [4.69, 9.17) is 5.26 Å². The minimum atomic E-state index is -0.0324. The molecule has 0 aromatic carbocycles. The van der Waals surface area contributed by atoms with Crippen LogP contribution < -0.4 is 5.32 Å². The predicted molar refractivity (Wildman–Crippen MR) is 35.8 cm³/mol. The molecule has 0 aromatic rings. The molecule has 9 heavy (non-hydrogen) atoms. The van der Waals surface area contributed by atoms with Crippen LogP contribution in [0.1, 0.15) is 0 Å². The van der Waals surface area contributed by atoms with Gasteiger partial charge in [0.25, 0.3) is 0 Å². The van der Waals surface area contributed by atoms with Gasteiger partial charge in [0.2, 0.25) is 0 Å². The number of nitrogens with zero attached hydrogens (tertiary/aromatic N) is 1. The standard InChI is InChI=1S/C4H3NO.C2H7N/c1-4(2-5)3-6;1-3-2/h3H,1H2;3H,1-2H3. The van der Waals surface area contributed by atoms with E-state index in [2.05, 4.69) is 11.9 Å². The molecule has 0 aliphatic rings. The highest BCUT2D eigenvalue weighted by Crippen LogP contribution is 1.72. The monoisotopic (exact) mass is 126 g/mol. The third-order valence-corrected chi connectivity index (χ3v) is 0.286. The van der Waals surface area contributed by atoms with Gasteiger partial charge in [-0.2, -0.15) is 5.26 Å². The zero-order valence-corrected chi connectivity index (χ0v) is 5.64. The van der Waals surface area contributed by atoms with Crippen LogP contribution in [-0.4, -0.2) is 20.4 Å². The molecule has 3 heteroatoms. The summed E-state index contributed by atoms with van der Waals surface area (Å²) in [6.07, 6.45) is 0.417. The molecule has 0 amide bonds. The van der Waals surface area contributed by atoms with Crippen LogP contribution in [0.2, 0.25) is 0 Å². The quantitative estimate of drug-likeness (QED) is 0.308. The van der Waals surface area contributed by atoms with Gasteiger partial charge in [-0.05, 0) is 14.1 Å². The number of aldehydes is 1. The molecule has 0 unspecified atom stereocenters. The normalized spacial score (nSPS) is 5.89. The van der Waals surface area contributed by atoms with Crippen molar-refractivity contribution in [3.8, 4) is 6.07 Å². The first-order chi connectivity index (χ1) is 4.22. The fourth-order valence-electron chi connectivity index (χ4n) is 0.0264. The molecule has 3 nitrogen and oxygen atoms in total. The summed E-state index contributed by atoms with van der Waals surface area (Å²) in [5.41, 5.74) is -0.0324. The van der Waals surface area contributed by atoms with Gasteiger partial charge < -0.3 is 5.32 Å². The van der Waals surface area contributed by atoms with Gasteiger partial charge in [-0.15, -0.1) is 0 Å². The fourth-order valence-corrected chi connectivity index (χ4v) is 0.0264. The molecule has 50 valence electrons. The van der Waals surface area contributed by atoms with E-state index in [1.807, 2.05) is 14.1 Å². The number of hydrogen-bond acceptors (Lipinski definition) is 3. The average molecular weight is 126 g/mol. The van der Waals surface area contributed by atoms with Gasteiger partial charge in [0.1, 0.15) is 6.07 Å². The third kappa shape index (κ3) is 19.8. The van der Waals surface area contributed by atoms with Crippen molar-refractivity contribution in [3.63, 3.8) is 0 Å². The van der Waals surface area contributed by atoms with E-state index in [-0.39, 0.29) is 5.57 Å². The van der Waals surface area contributed by atoms with Crippen molar-refractivity contribution in [2.45, 2.75) is 0 Å². The maximum atomic E-state index is 9.41. The van der Waals surface area contributed by atoms with E-state index in [0.29, 0.717) is 6.29 Å². The molecule has 0 radical (unpaired) electrons. The zero-order chi connectivity index (χ0) is 7.70. The highest BCUT2D eigenvalue weighted by molar-refractivity contribution is 5.77. The molecule has 0 aliphatic heterocycles. The summed E-state index contributed by atoms with van der Waals surface area (Å²) in [6.45, 7) is 3.06. The average Bonchev–Trinajstić information content (AvgIpc) is 1.88. The molecular formula is C6H10N2O. The Kier molecular flexibility index (Phi) is 11.9. The lowest BCUT2D eigenvalue weighted by Gasteiger charge is -1.62. The lowest BCUT2D eigenvalue weighted by molar-refractivity contribution is -0.104. The van der Waals surface area contributed by atoms with Crippen LogP contribution >= 0.6 is 0 Å². The van der Waals surface area contributed by atoms with Crippen molar-refractivity contribution < 1.29 is 4.79 Å². The zero-order valence-electron chi connectivity index (χ0n) is 5.64. The molecule has 0 rings (SSSR count). The first-order valence-corrected chi connectivity index (χ1v) is 2.35. The van der Waals surface area contributed by atoms with E-state index < -0.39 is 0 Å². The second kappa shape index (κ2) is 9.97. The van der Waals surface area contributed by atoms with Crippen molar-refractivity contribution in [1.82, 2.24) is 5.32 Å². The molecule has 0 spiro atoms. The van der Waals surface area contributed by atoms with Crippen LogP contribution in [0.3, 0.4) is 0 Å². The Labute approximate surface area is 55.0 Å². The number of carbonyl (C=O) groups excluding carboxylic acids is 1. The number of hydrogen-bond donors (Lipinski definition) is 1. The van der Waals surface area contributed by atoms with E-state index in [1.165, 1.54) is 0 Å². The first kappa shape index (κ1) is 10.8. The number of carbonyl (C=O) groups is 1. The Morgan fingerprint density at radius 2 is 2.11 bits per heavy atom. The van der Waals surface area contributed by atoms with Gasteiger partial charge in [0.05, 0.1) is 5.57 Å². The van der Waals surface area contributed by atoms with E-state index in [1.54, 1.807) is 6.07 Å². The van der Waals surface area contributed by atoms with Crippen LogP contribution in [0.5, 0.6) is 0 Å². The van der Waals surface area contributed by atoms with Gasteiger partial charge in [0, 0.05) is 0 Å². The van der Waals surface area contributed by atoms with Gasteiger partial charge in [-0.25, -0.2) is 0 Å². The minimum Gasteiger partial charge on any atom is -0.323 e. The number of rotatable bonds is 1. The van der Waals surface area contributed by atoms with Gasteiger partial charge in [-0.1, -0.05) is 6.58 Å². The van der Waals surface area contributed by atoms with Crippen molar-refractivity contribution >= 4 is 6.29 Å². The van der Waals surface area contributed by atoms with Crippen LogP contribution in [-0.2, 0) is 4.79 Å². The number of nitriles is 1. The molecule has 0 aromatic heterocycles. The summed E-state index contributed by atoms with van der Waals surface area (Å²) in [4.78, 5) is 9.41. The summed E-state index contributed by atoms with van der Waals surface area (Å²) in [7, 11) is 3.75. The molecule has 0 saturated heterocycles. The van der Waals surface area contributed by atoms with Crippen LogP contribution in [0.4, 0.5) is 0 Å². The number of nitrogens with one attached hydrogen (secondary N) is 1. The van der Waals surface area contributed by atoms with Gasteiger partial charge >= 0.3 is 0 Å². The van der Waals surface area contributed by atoms with Crippen LogP contribution in [0.15, 0.2) is 12.2 Å².